The van der Waals surface area contributed by atoms with Gasteiger partial charge in [0.2, 0.25) is 0 Å². The van der Waals surface area contributed by atoms with E-state index < -0.39 is 13.6 Å². The lowest BCUT2D eigenvalue weighted by molar-refractivity contribution is -0.315. The predicted octanol–water partition coefficient (Wildman–Crippen LogP) is 6.25. The van der Waals surface area contributed by atoms with Gasteiger partial charge in [-0.25, -0.2) is 0 Å². The lowest BCUT2D eigenvalue weighted by Crippen LogP contribution is -2.26. The Morgan fingerprint density at radius 3 is 1.50 bits per heavy atom. The Balaban J connectivity index is 3.33. The monoisotopic (exact) mass is 452 g/mol. The summed E-state index contributed by atoms with van der Waals surface area (Å²) in [5, 5.41) is 26.4. The first-order valence-electron chi connectivity index (χ1n) is 12.4. The standard InChI is InChI=1S/C23H49O6P/c1-2-3-4-5-6-13-16-19-22-30(27,28)29-21-18-15-12-10-8-7-9-11-14-17-20-23(24,25)26/h24-26H,2-22H2,1H3,(H,27,28). The predicted molar refractivity (Wildman–Crippen MR) is 123 cm³/mol. The number of hydrogen-bond acceptors (Lipinski definition) is 5. The summed E-state index contributed by atoms with van der Waals surface area (Å²) in [5.74, 6) is -2.51. The molecule has 1 atom stereocenters. The molecular weight excluding hydrogens is 403 g/mol. The summed E-state index contributed by atoms with van der Waals surface area (Å²) < 4.78 is 17.3. The minimum atomic E-state index is -3.40. The molecule has 6 nitrogen and oxygen atoms in total. The maximum Gasteiger partial charge on any atom is 0.328 e. The maximum atomic E-state index is 12.0. The van der Waals surface area contributed by atoms with Crippen LogP contribution in [0.4, 0.5) is 0 Å². The molecule has 0 rings (SSSR count). The summed E-state index contributed by atoms with van der Waals surface area (Å²) >= 11 is 0. The third kappa shape index (κ3) is 24.3. The lowest BCUT2D eigenvalue weighted by atomic mass is 10.1. The smallest absolute Gasteiger partial charge is 0.328 e. The van der Waals surface area contributed by atoms with E-state index >= 15 is 0 Å². The van der Waals surface area contributed by atoms with Crippen LogP contribution in [0.25, 0.3) is 0 Å². The van der Waals surface area contributed by atoms with E-state index in [2.05, 4.69) is 6.92 Å². The van der Waals surface area contributed by atoms with Crippen LogP contribution in [0, 0.1) is 0 Å². The Bertz CT molecular complexity index is 411. The van der Waals surface area contributed by atoms with Crippen molar-refractivity contribution in [3.05, 3.63) is 0 Å². The topological polar surface area (TPSA) is 107 Å². The molecule has 0 aromatic carbocycles. The average Bonchev–Trinajstić information content (AvgIpc) is 2.66. The van der Waals surface area contributed by atoms with Crippen molar-refractivity contribution in [2.45, 2.75) is 135 Å². The molecule has 0 aliphatic heterocycles. The molecule has 0 heterocycles. The molecule has 30 heavy (non-hydrogen) atoms. The molecule has 0 aromatic rings. The van der Waals surface area contributed by atoms with Crippen LogP contribution in [-0.2, 0) is 9.09 Å². The molecule has 0 aliphatic carbocycles. The molecule has 0 spiro atoms. The molecule has 0 radical (unpaired) electrons. The second-order valence-electron chi connectivity index (χ2n) is 8.73. The molecule has 0 saturated carbocycles. The van der Waals surface area contributed by atoms with E-state index in [1.54, 1.807) is 0 Å². The SMILES string of the molecule is CCCCCCCCCCP(=O)(O)OCCCCCCCCCCCCC(O)(O)O. The molecule has 0 bridgehead atoms. The second-order valence-corrected chi connectivity index (χ2v) is 10.7. The van der Waals surface area contributed by atoms with Gasteiger partial charge in [-0.3, -0.25) is 4.57 Å². The molecular formula is C23H49O6P. The van der Waals surface area contributed by atoms with Crippen molar-refractivity contribution in [2.75, 3.05) is 12.8 Å². The van der Waals surface area contributed by atoms with E-state index in [-0.39, 0.29) is 12.6 Å². The van der Waals surface area contributed by atoms with Gasteiger partial charge in [0.05, 0.1) is 6.61 Å². The zero-order chi connectivity index (χ0) is 22.6. The number of hydrogen-bond donors (Lipinski definition) is 4. The minimum Gasteiger partial charge on any atom is -0.344 e. The Labute approximate surface area is 185 Å². The zero-order valence-corrected chi connectivity index (χ0v) is 20.3. The van der Waals surface area contributed by atoms with Crippen molar-refractivity contribution in [2.24, 2.45) is 0 Å². The van der Waals surface area contributed by atoms with Crippen LogP contribution in [0.5, 0.6) is 0 Å². The third-order valence-corrected chi connectivity index (χ3v) is 6.96. The van der Waals surface area contributed by atoms with E-state index in [0.29, 0.717) is 13.0 Å². The van der Waals surface area contributed by atoms with Gasteiger partial charge < -0.3 is 24.7 Å². The molecule has 4 N–H and O–H groups in total. The van der Waals surface area contributed by atoms with Gasteiger partial charge in [-0.05, 0) is 19.3 Å². The molecule has 0 saturated heterocycles. The van der Waals surface area contributed by atoms with E-state index in [1.807, 2.05) is 0 Å². The molecule has 182 valence electrons. The van der Waals surface area contributed by atoms with E-state index in [4.69, 9.17) is 19.8 Å². The first kappa shape index (κ1) is 30.0. The van der Waals surface area contributed by atoms with Gasteiger partial charge in [-0.2, -0.15) is 0 Å². The fourth-order valence-corrected chi connectivity index (χ4v) is 4.76. The van der Waals surface area contributed by atoms with Crippen molar-refractivity contribution >= 4 is 7.60 Å². The fraction of sp³-hybridized carbons (Fsp3) is 1.00. The zero-order valence-electron chi connectivity index (χ0n) is 19.4. The summed E-state index contributed by atoms with van der Waals surface area (Å²) in [6.07, 6.45) is 19.9. The second kappa shape index (κ2) is 19.7. The van der Waals surface area contributed by atoms with Crippen LogP contribution in [-0.4, -0.2) is 39.0 Å². The van der Waals surface area contributed by atoms with Crippen molar-refractivity contribution in [3.63, 3.8) is 0 Å². The Kier molecular flexibility index (Phi) is 19.7. The van der Waals surface area contributed by atoms with Crippen LogP contribution < -0.4 is 0 Å². The Hall–Kier alpha value is 0.0300. The quantitative estimate of drug-likeness (QED) is 0.0829. The summed E-state index contributed by atoms with van der Waals surface area (Å²) in [4.78, 5) is 9.88. The normalized spacial score (nSPS) is 14.2. The van der Waals surface area contributed by atoms with E-state index in [0.717, 1.165) is 57.8 Å². The van der Waals surface area contributed by atoms with Gasteiger partial charge >= 0.3 is 7.60 Å². The van der Waals surface area contributed by atoms with E-state index in [1.165, 1.54) is 51.4 Å². The summed E-state index contributed by atoms with van der Waals surface area (Å²) in [6.45, 7) is 2.60. The van der Waals surface area contributed by atoms with Crippen molar-refractivity contribution < 1.29 is 29.3 Å². The summed E-state index contributed by atoms with van der Waals surface area (Å²) in [6, 6.07) is 0. The number of aliphatic hydroxyl groups is 3. The maximum absolute atomic E-state index is 12.0. The van der Waals surface area contributed by atoms with Gasteiger partial charge in [0, 0.05) is 12.6 Å². The van der Waals surface area contributed by atoms with Gasteiger partial charge in [-0.15, -0.1) is 0 Å². The highest BCUT2D eigenvalue weighted by molar-refractivity contribution is 7.52. The molecule has 0 aromatic heterocycles. The van der Waals surface area contributed by atoms with Crippen molar-refractivity contribution in [1.82, 2.24) is 0 Å². The van der Waals surface area contributed by atoms with Crippen LogP contribution in [0.3, 0.4) is 0 Å². The summed E-state index contributed by atoms with van der Waals surface area (Å²) in [7, 11) is -3.40. The largest absolute Gasteiger partial charge is 0.344 e. The Morgan fingerprint density at radius 2 is 1.03 bits per heavy atom. The minimum absolute atomic E-state index is 0.00890. The van der Waals surface area contributed by atoms with E-state index in [9.17, 15) is 9.46 Å². The average molecular weight is 453 g/mol. The fourth-order valence-electron chi connectivity index (χ4n) is 3.60. The highest BCUT2D eigenvalue weighted by atomic mass is 31.2. The molecule has 0 fully saturated rings. The van der Waals surface area contributed by atoms with Gasteiger partial charge in [0.25, 0.3) is 5.97 Å². The van der Waals surface area contributed by atoms with Crippen LogP contribution in [0.2, 0.25) is 0 Å². The van der Waals surface area contributed by atoms with Crippen LogP contribution >= 0.6 is 7.60 Å². The van der Waals surface area contributed by atoms with Gasteiger partial charge in [-0.1, -0.05) is 103 Å². The summed E-state index contributed by atoms with van der Waals surface area (Å²) in [5.41, 5.74) is 0. The number of rotatable bonds is 23. The van der Waals surface area contributed by atoms with Crippen molar-refractivity contribution in [3.8, 4) is 0 Å². The van der Waals surface area contributed by atoms with Crippen molar-refractivity contribution in [1.29, 1.82) is 0 Å². The molecule has 1 unspecified atom stereocenters. The molecule has 7 heteroatoms. The molecule has 0 aliphatic rings. The first-order valence-corrected chi connectivity index (χ1v) is 14.2. The third-order valence-electron chi connectivity index (χ3n) is 5.49. The van der Waals surface area contributed by atoms with Crippen LogP contribution in [0.15, 0.2) is 0 Å². The van der Waals surface area contributed by atoms with Gasteiger partial charge in [0.1, 0.15) is 0 Å². The highest BCUT2D eigenvalue weighted by Crippen LogP contribution is 2.43. The number of unbranched alkanes of at least 4 members (excludes halogenated alkanes) is 16. The molecule has 0 amide bonds. The first-order chi connectivity index (χ1) is 14.3. The highest BCUT2D eigenvalue weighted by Gasteiger charge is 2.18. The Morgan fingerprint density at radius 1 is 0.633 bits per heavy atom. The van der Waals surface area contributed by atoms with Gasteiger partial charge in [0.15, 0.2) is 0 Å². The van der Waals surface area contributed by atoms with Crippen LogP contribution in [0.1, 0.15) is 129 Å². The lowest BCUT2D eigenvalue weighted by Gasteiger charge is -2.13.